The van der Waals surface area contributed by atoms with Crippen LogP contribution in [0.2, 0.25) is 0 Å². The van der Waals surface area contributed by atoms with Gasteiger partial charge in [-0.25, -0.2) is 4.99 Å². The van der Waals surface area contributed by atoms with Gasteiger partial charge in [0.25, 0.3) is 0 Å². The minimum atomic E-state index is 0. The van der Waals surface area contributed by atoms with Crippen LogP contribution in [0.4, 0.5) is 0 Å². The highest BCUT2D eigenvalue weighted by molar-refractivity contribution is 14.0. The van der Waals surface area contributed by atoms with E-state index in [2.05, 4.69) is 66.9 Å². The van der Waals surface area contributed by atoms with Gasteiger partial charge in [-0.3, -0.25) is 0 Å². The Bertz CT molecular complexity index is 767. The lowest BCUT2D eigenvalue weighted by Crippen LogP contribution is -2.36. The summed E-state index contributed by atoms with van der Waals surface area (Å²) in [6, 6.07) is 14.5. The summed E-state index contributed by atoms with van der Waals surface area (Å²) in [6.07, 6.45) is 0. The molecule has 0 aromatic heterocycles. The van der Waals surface area contributed by atoms with Crippen molar-refractivity contribution >= 4 is 29.9 Å². The maximum Gasteiger partial charge on any atom is 0.191 e. The summed E-state index contributed by atoms with van der Waals surface area (Å²) in [7, 11) is 3.38. The van der Waals surface area contributed by atoms with Crippen molar-refractivity contribution in [3.63, 3.8) is 0 Å². The normalized spacial score (nSPS) is 11.0. The first-order valence-corrected chi connectivity index (χ1v) is 9.96. The Balaban J connectivity index is 0.00000450. The third-order valence-electron chi connectivity index (χ3n) is 4.31. The van der Waals surface area contributed by atoms with Crippen LogP contribution in [0, 0.1) is 6.92 Å². The van der Waals surface area contributed by atoms with Gasteiger partial charge in [0.2, 0.25) is 0 Å². The molecule has 30 heavy (non-hydrogen) atoms. The number of aryl methyl sites for hydroxylation is 1. The number of aliphatic imine (C=N–C) groups is 1. The fraction of sp³-hybridized carbons (Fsp3) is 0.435. The SMILES string of the molecule is CCNC(=NCc1ccc(COC)cc1)NCc1ccc(C)cc1OCCOC.I. The highest BCUT2D eigenvalue weighted by Gasteiger charge is 2.06. The molecule has 0 atom stereocenters. The Morgan fingerprint density at radius 1 is 0.933 bits per heavy atom. The molecule has 0 saturated heterocycles. The summed E-state index contributed by atoms with van der Waals surface area (Å²) in [6.45, 7) is 7.86. The van der Waals surface area contributed by atoms with Gasteiger partial charge in [-0.1, -0.05) is 36.4 Å². The van der Waals surface area contributed by atoms with E-state index in [1.165, 1.54) is 5.56 Å². The van der Waals surface area contributed by atoms with Crippen molar-refractivity contribution in [2.75, 3.05) is 34.0 Å². The number of rotatable bonds is 11. The van der Waals surface area contributed by atoms with Gasteiger partial charge in [0.05, 0.1) is 19.8 Å². The van der Waals surface area contributed by atoms with E-state index < -0.39 is 0 Å². The quantitative estimate of drug-likeness (QED) is 0.200. The third-order valence-corrected chi connectivity index (χ3v) is 4.31. The minimum absolute atomic E-state index is 0. The number of benzene rings is 2. The highest BCUT2D eigenvalue weighted by atomic mass is 127. The minimum Gasteiger partial charge on any atom is -0.491 e. The Kier molecular flexibility index (Phi) is 13.1. The molecule has 0 spiro atoms. The Morgan fingerprint density at radius 2 is 1.67 bits per heavy atom. The van der Waals surface area contributed by atoms with E-state index in [1.807, 2.05) is 0 Å². The lowest BCUT2D eigenvalue weighted by molar-refractivity contribution is 0.145. The molecule has 2 N–H and O–H groups in total. The summed E-state index contributed by atoms with van der Waals surface area (Å²) >= 11 is 0. The smallest absolute Gasteiger partial charge is 0.191 e. The molecule has 0 amide bonds. The van der Waals surface area contributed by atoms with Crippen molar-refractivity contribution in [2.24, 2.45) is 4.99 Å². The van der Waals surface area contributed by atoms with Crippen LogP contribution in [-0.2, 0) is 29.2 Å². The van der Waals surface area contributed by atoms with Gasteiger partial charge >= 0.3 is 0 Å². The molecule has 0 saturated carbocycles. The zero-order valence-electron chi connectivity index (χ0n) is 18.4. The van der Waals surface area contributed by atoms with Crippen LogP contribution in [0.25, 0.3) is 0 Å². The summed E-state index contributed by atoms with van der Waals surface area (Å²) in [5.41, 5.74) is 4.56. The van der Waals surface area contributed by atoms with Crippen molar-refractivity contribution < 1.29 is 14.2 Å². The average Bonchev–Trinajstić information content (AvgIpc) is 2.72. The fourth-order valence-corrected chi connectivity index (χ4v) is 2.78. The molecule has 0 aliphatic carbocycles. The van der Waals surface area contributed by atoms with E-state index in [0.717, 1.165) is 34.9 Å². The molecule has 7 heteroatoms. The number of hydrogen-bond acceptors (Lipinski definition) is 4. The first-order valence-electron chi connectivity index (χ1n) is 9.96. The third kappa shape index (κ3) is 9.32. The molecule has 0 unspecified atom stereocenters. The zero-order valence-corrected chi connectivity index (χ0v) is 20.7. The number of hydrogen-bond donors (Lipinski definition) is 2. The molecule has 0 aliphatic heterocycles. The van der Waals surface area contributed by atoms with Gasteiger partial charge in [0.1, 0.15) is 12.4 Å². The summed E-state index contributed by atoms with van der Waals surface area (Å²) in [5, 5.41) is 6.69. The Hall–Kier alpha value is -1.84. The molecule has 0 heterocycles. The van der Waals surface area contributed by atoms with Crippen molar-refractivity contribution in [3.8, 4) is 5.75 Å². The van der Waals surface area contributed by atoms with Gasteiger partial charge in [-0.05, 0) is 36.6 Å². The average molecular weight is 527 g/mol. The van der Waals surface area contributed by atoms with Gasteiger partial charge in [-0.15, -0.1) is 24.0 Å². The molecule has 2 rings (SSSR count). The van der Waals surface area contributed by atoms with Crippen LogP contribution in [0.5, 0.6) is 5.75 Å². The molecule has 2 aromatic carbocycles. The van der Waals surface area contributed by atoms with Crippen molar-refractivity contribution in [2.45, 2.75) is 33.5 Å². The highest BCUT2D eigenvalue weighted by Crippen LogP contribution is 2.20. The second-order valence-electron chi connectivity index (χ2n) is 6.75. The molecular weight excluding hydrogens is 493 g/mol. The van der Waals surface area contributed by atoms with E-state index in [9.17, 15) is 0 Å². The number of nitrogens with one attached hydrogen (secondary N) is 2. The summed E-state index contributed by atoms with van der Waals surface area (Å²) in [5.74, 6) is 1.65. The lowest BCUT2D eigenvalue weighted by Gasteiger charge is -2.15. The van der Waals surface area contributed by atoms with Crippen LogP contribution in [-0.4, -0.2) is 39.9 Å². The van der Waals surface area contributed by atoms with Crippen molar-refractivity contribution in [1.82, 2.24) is 10.6 Å². The second kappa shape index (κ2) is 15.0. The number of nitrogens with zero attached hydrogens (tertiary/aromatic N) is 1. The van der Waals surface area contributed by atoms with Gasteiger partial charge in [-0.2, -0.15) is 0 Å². The molecule has 6 nitrogen and oxygen atoms in total. The standard InChI is InChI=1S/C23H33N3O3.HI/c1-5-24-23(25-15-19-7-9-20(10-8-19)17-28-4)26-16-21-11-6-18(2)14-22(21)29-13-12-27-3;/h6-11,14H,5,12-13,15-17H2,1-4H3,(H2,24,25,26);1H. The van der Waals surface area contributed by atoms with Crippen LogP contribution in [0.15, 0.2) is 47.5 Å². The number of ether oxygens (including phenoxy) is 3. The second-order valence-corrected chi connectivity index (χ2v) is 6.75. The number of guanidine groups is 1. The predicted molar refractivity (Wildman–Crippen MR) is 133 cm³/mol. The van der Waals surface area contributed by atoms with E-state index in [4.69, 9.17) is 19.2 Å². The Labute approximate surface area is 197 Å². The fourth-order valence-electron chi connectivity index (χ4n) is 2.78. The van der Waals surface area contributed by atoms with E-state index in [-0.39, 0.29) is 24.0 Å². The van der Waals surface area contributed by atoms with Gasteiger partial charge in [0, 0.05) is 32.9 Å². The molecule has 0 radical (unpaired) electrons. The van der Waals surface area contributed by atoms with Crippen LogP contribution in [0.1, 0.15) is 29.2 Å². The molecule has 0 fully saturated rings. The van der Waals surface area contributed by atoms with Crippen LogP contribution >= 0.6 is 24.0 Å². The number of halogens is 1. The lowest BCUT2D eigenvalue weighted by atomic mass is 10.1. The van der Waals surface area contributed by atoms with Gasteiger partial charge in [0.15, 0.2) is 5.96 Å². The first-order chi connectivity index (χ1) is 14.2. The number of methoxy groups -OCH3 is 2. The van der Waals surface area contributed by atoms with Gasteiger partial charge < -0.3 is 24.8 Å². The van der Waals surface area contributed by atoms with Crippen molar-refractivity contribution in [1.29, 1.82) is 0 Å². The largest absolute Gasteiger partial charge is 0.491 e. The zero-order chi connectivity index (χ0) is 20.9. The molecule has 166 valence electrons. The molecule has 0 bridgehead atoms. The van der Waals surface area contributed by atoms with E-state index in [1.54, 1.807) is 14.2 Å². The predicted octanol–water partition coefficient (Wildman–Crippen LogP) is 4.04. The van der Waals surface area contributed by atoms with Crippen LogP contribution < -0.4 is 15.4 Å². The maximum atomic E-state index is 5.88. The summed E-state index contributed by atoms with van der Waals surface area (Å²) < 4.78 is 16.1. The summed E-state index contributed by atoms with van der Waals surface area (Å²) in [4.78, 5) is 4.70. The first kappa shape index (κ1) is 26.2. The van der Waals surface area contributed by atoms with Crippen molar-refractivity contribution in [3.05, 3.63) is 64.7 Å². The van der Waals surface area contributed by atoms with E-state index in [0.29, 0.717) is 32.9 Å². The van der Waals surface area contributed by atoms with E-state index >= 15 is 0 Å². The molecule has 2 aromatic rings. The molecular formula is C23H34IN3O3. The molecule has 0 aliphatic rings. The monoisotopic (exact) mass is 527 g/mol. The Morgan fingerprint density at radius 3 is 2.33 bits per heavy atom. The maximum absolute atomic E-state index is 5.88. The van der Waals surface area contributed by atoms with Crippen LogP contribution in [0.3, 0.4) is 0 Å². The topological polar surface area (TPSA) is 64.1 Å².